The molecule has 4 rings (SSSR count). The average Bonchev–Trinajstić information content (AvgIpc) is 3.16. The Bertz CT molecular complexity index is 1250. The summed E-state index contributed by atoms with van der Waals surface area (Å²) in [6, 6.07) is 8.35. The van der Waals surface area contributed by atoms with E-state index >= 15 is 0 Å². The molecule has 0 spiro atoms. The van der Waals surface area contributed by atoms with Crippen molar-refractivity contribution < 1.29 is 0 Å². The maximum Gasteiger partial charge on any atom is 0.0536 e. The highest BCUT2D eigenvalue weighted by Crippen LogP contribution is 2.33. The van der Waals surface area contributed by atoms with E-state index < -0.39 is 0 Å². The number of benzene rings is 2. The molecule has 0 unspecified atom stereocenters. The van der Waals surface area contributed by atoms with Gasteiger partial charge in [-0.25, -0.2) is 0 Å². The van der Waals surface area contributed by atoms with Gasteiger partial charge in [0.05, 0.1) is 11.0 Å². The zero-order valence-electron chi connectivity index (χ0n) is 20.5. The number of hydrogen-bond acceptors (Lipinski definition) is 2. The lowest BCUT2D eigenvalue weighted by Crippen LogP contribution is -1.95. The van der Waals surface area contributed by atoms with Crippen molar-refractivity contribution in [2.45, 2.75) is 60.8 Å². The molecule has 0 atom stereocenters. The third kappa shape index (κ3) is 3.58. The predicted molar refractivity (Wildman–Crippen MR) is 137 cm³/mol. The Labute approximate surface area is 186 Å². The van der Waals surface area contributed by atoms with Gasteiger partial charge in [-0.1, -0.05) is 32.9 Å². The molecule has 0 aliphatic rings. The number of nitrogens with two attached hydrogens (primary N) is 2. The molecule has 166 valence electrons. The number of rotatable bonds is 3. The van der Waals surface area contributed by atoms with E-state index in [2.05, 4.69) is 76.9 Å². The number of aryl methyl sites for hydroxylation is 6. The maximum atomic E-state index is 6.13. The van der Waals surface area contributed by atoms with Gasteiger partial charge in [0.15, 0.2) is 0 Å². The Morgan fingerprint density at radius 1 is 0.645 bits per heavy atom. The van der Waals surface area contributed by atoms with Gasteiger partial charge < -0.3 is 20.6 Å². The zero-order valence-corrected chi connectivity index (χ0v) is 20.5. The molecule has 0 radical (unpaired) electrons. The fourth-order valence-corrected chi connectivity index (χ4v) is 4.93. The molecule has 4 heteroatoms. The van der Waals surface area contributed by atoms with Crippen LogP contribution < -0.4 is 11.5 Å². The Morgan fingerprint density at radius 3 is 1.58 bits per heavy atom. The second-order valence-electron chi connectivity index (χ2n) is 8.53. The van der Waals surface area contributed by atoms with Crippen LogP contribution in [-0.2, 0) is 33.4 Å². The number of hydrogen-bond donors (Lipinski definition) is 2. The van der Waals surface area contributed by atoms with Crippen LogP contribution in [0.25, 0.3) is 21.8 Å². The number of nitrogen functional groups attached to an aromatic ring is 2. The lowest BCUT2D eigenvalue weighted by Gasteiger charge is -2.06. The lowest BCUT2D eigenvalue weighted by atomic mass is 10.0. The minimum absolute atomic E-state index is 0.892. The van der Waals surface area contributed by atoms with Crippen LogP contribution in [0.5, 0.6) is 0 Å². The highest BCUT2D eigenvalue weighted by Gasteiger charge is 2.15. The van der Waals surface area contributed by atoms with Crippen LogP contribution in [0.3, 0.4) is 0 Å². The van der Waals surface area contributed by atoms with E-state index in [-0.39, 0.29) is 0 Å². The third-order valence-corrected chi connectivity index (χ3v) is 7.04. The molecule has 4 N–H and O–H groups in total. The summed E-state index contributed by atoms with van der Waals surface area (Å²) in [5, 5.41) is 2.50. The number of anilines is 2. The normalized spacial score (nSPS) is 11.2. The molecule has 0 aliphatic heterocycles. The average molecular weight is 419 g/mol. The molecule has 0 amide bonds. The second kappa shape index (κ2) is 8.70. The van der Waals surface area contributed by atoms with E-state index in [0.717, 1.165) is 30.6 Å². The van der Waals surface area contributed by atoms with Gasteiger partial charge in [-0.3, -0.25) is 0 Å². The highest BCUT2D eigenvalue weighted by atomic mass is 15.0. The van der Waals surface area contributed by atoms with Gasteiger partial charge >= 0.3 is 0 Å². The SMILES string of the molecule is CCc1c(C)n(C)c2c(CC)ccc(N)c12.CCc1ccc(N)c2c(C)c(C)n(C)c12. The highest BCUT2D eigenvalue weighted by molar-refractivity contribution is 5.98. The van der Waals surface area contributed by atoms with Crippen LogP contribution in [0.4, 0.5) is 11.4 Å². The smallest absolute Gasteiger partial charge is 0.0536 e. The minimum atomic E-state index is 0.892. The van der Waals surface area contributed by atoms with Crippen molar-refractivity contribution in [3.63, 3.8) is 0 Å². The van der Waals surface area contributed by atoms with E-state index in [1.165, 1.54) is 55.4 Å². The van der Waals surface area contributed by atoms with E-state index in [0.29, 0.717) is 0 Å². The first-order chi connectivity index (χ1) is 14.7. The summed E-state index contributed by atoms with van der Waals surface area (Å²) in [4.78, 5) is 0. The van der Waals surface area contributed by atoms with Gasteiger partial charge in [-0.15, -0.1) is 0 Å². The third-order valence-electron chi connectivity index (χ3n) is 7.04. The minimum Gasteiger partial charge on any atom is -0.398 e. The topological polar surface area (TPSA) is 61.9 Å². The van der Waals surface area contributed by atoms with Gasteiger partial charge in [0.2, 0.25) is 0 Å². The molecule has 0 fully saturated rings. The van der Waals surface area contributed by atoms with E-state index in [1.54, 1.807) is 0 Å². The van der Waals surface area contributed by atoms with Gasteiger partial charge in [0, 0.05) is 47.6 Å². The maximum absolute atomic E-state index is 6.13. The largest absolute Gasteiger partial charge is 0.398 e. The van der Waals surface area contributed by atoms with Crippen LogP contribution in [-0.4, -0.2) is 9.13 Å². The van der Waals surface area contributed by atoms with Crippen LogP contribution in [0.15, 0.2) is 24.3 Å². The molecule has 0 bridgehead atoms. The molecule has 2 heterocycles. The van der Waals surface area contributed by atoms with Crippen LogP contribution in [0, 0.1) is 20.8 Å². The standard InChI is InChI=1S/C14H20N2.C13H18N2/c1-5-10-7-8-12(15)13-11(6-2)9(3)16(4)14(10)13;1-5-10-6-7-11(14)12-8(2)9(3)15(4)13(10)12/h7-8H,5-6,15H2,1-4H3;6-7H,5,14H2,1-4H3. The first-order valence-corrected chi connectivity index (χ1v) is 11.4. The van der Waals surface area contributed by atoms with Gasteiger partial charge in [0.25, 0.3) is 0 Å². The van der Waals surface area contributed by atoms with Gasteiger partial charge in [-0.05, 0) is 74.4 Å². The predicted octanol–water partition coefficient (Wildman–Crippen LogP) is 6.13. The zero-order chi connectivity index (χ0) is 23.0. The number of fused-ring (bicyclic) bond motifs is 2. The van der Waals surface area contributed by atoms with Crippen molar-refractivity contribution in [1.29, 1.82) is 0 Å². The first-order valence-electron chi connectivity index (χ1n) is 11.4. The Kier molecular flexibility index (Phi) is 6.40. The number of nitrogens with zero attached hydrogens (tertiary/aromatic N) is 2. The number of aromatic nitrogens is 2. The quantitative estimate of drug-likeness (QED) is 0.393. The van der Waals surface area contributed by atoms with E-state index in [4.69, 9.17) is 11.5 Å². The van der Waals surface area contributed by atoms with Crippen LogP contribution >= 0.6 is 0 Å². The summed E-state index contributed by atoms with van der Waals surface area (Å²) < 4.78 is 4.53. The van der Waals surface area contributed by atoms with Crippen molar-refractivity contribution >= 4 is 33.2 Å². The summed E-state index contributed by atoms with van der Waals surface area (Å²) in [5.74, 6) is 0. The van der Waals surface area contributed by atoms with E-state index in [9.17, 15) is 0 Å². The summed E-state index contributed by atoms with van der Waals surface area (Å²) in [7, 11) is 4.25. The molecule has 2 aromatic heterocycles. The molecule has 0 aliphatic carbocycles. The molecule has 0 saturated heterocycles. The Morgan fingerprint density at radius 2 is 1.10 bits per heavy atom. The van der Waals surface area contributed by atoms with Crippen LogP contribution in [0.1, 0.15) is 54.4 Å². The Balaban J connectivity index is 0.000000176. The van der Waals surface area contributed by atoms with Crippen molar-refractivity contribution in [3.05, 3.63) is 57.9 Å². The van der Waals surface area contributed by atoms with Crippen molar-refractivity contribution in [2.75, 3.05) is 11.5 Å². The molecular formula is C27H38N4. The Hall–Kier alpha value is -2.88. The van der Waals surface area contributed by atoms with Gasteiger partial charge in [-0.2, -0.15) is 0 Å². The molecule has 4 aromatic rings. The molecule has 4 nitrogen and oxygen atoms in total. The summed E-state index contributed by atoms with van der Waals surface area (Å²) in [6.07, 6.45) is 3.14. The summed E-state index contributed by atoms with van der Waals surface area (Å²) in [5.41, 5.74) is 24.7. The van der Waals surface area contributed by atoms with Crippen LogP contribution in [0.2, 0.25) is 0 Å². The summed E-state index contributed by atoms with van der Waals surface area (Å²) in [6.45, 7) is 13.0. The van der Waals surface area contributed by atoms with Crippen molar-refractivity contribution in [1.82, 2.24) is 9.13 Å². The van der Waals surface area contributed by atoms with E-state index in [1.807, 2.05) is 12.1 Å². The van der Waals surface area contributed by atoms with Crippen molar-refractivity contribution in [2.24, 2.45) is 14.1 Å². The fourth-order valence-electron chi connectivity index (χ4n) is 4.93. The fraction of sp³-hybridized carbons (Fsp3) is 0.407. The lowest BCUT2D eigenvalue weighted by molar-refractivity contribution is 0.892. The monoisotopic (exact) mass is 418 g/mol. The molecule has 2 aromatic carbocycles. The molecule has 31 heavy (non-hydrogen) atoms. The molecule has 0 saturated carbocycles. The van der Waals surface area contributed by atoms with Crippen molar-refractivity contribution in [3.8, 4) is 0 Å². The first kappa shape index (κ1) is 22.8. The molecular weight excluding hydrogens is 380 g/mol. The van der Waals surface area contributed by atoms with Gasteiger partial charge in [0.1, 0.15) is 0 Å². The second-order valence-corrected chi connectivity index (χ2v) is 8.53. The summed E-state index contributed by atoms with van der Waals surface area (Å²) >= 11 is 0.